The maximum absolute atomic E-state index is 13.0. The van der Waals surface area contributed by atoms with Gasteiger partial charge >= 0.3 is 6.36 Å². The van der Waals surface area contributed by atoms with Crippen LogP contribution in [0, 0.1) is 9.39 Å². The van der Waals surface area contributed by atoms with Gasteiger partial charge in [0, 0.05) is 11.1 Å². The average Bonchev–Trinajstić information content (AvgIpc) is 1.96. The van der Waals surface area contributed by atoms with Crippen LogP contribution in [0.5, 0.6) is 5.75 Å². The lowest BCUT2D eigenvalue weighted by molar-refractivity contribution is -0.275. The Morgan fingerprint density at radius 3 is 2.36 bits per heavy atom. The van der Waals surface area contributed by atoms with Gasteiger partial charge in [0.25, 0.3) is 0 Å². The third-order valence-corrected chi connectivity index (χ3v) is 2.19. The van der Waals surface area contributed by atoms with Crippen molar-refractivity contribution in [2.75, 3.05) is 0 Å². The largest absolute Gasteiger partial charge is 0.573 e. The molecule has 14 heavy (non-hydrogen) atoms. The Balaban J connectivity index is 3.09. The van der Waals surface area contributed by atoms with E-state index in [0.717, 1.165) is 6.07 Å². The van der Waals surface area contributed by atoms with E-state index in [2.05, 4.69) is 4.74 Å². The molecule has 1 nitrogen and oxygen atoms in total. The quantitative estimate of drug-likeness (QED) is 0.427. The number of halogens is 6. The second kappa shape index (κ2) is 4.09. The molecule has 0 amide bonds. The molecular formula is C7H2ClF4IO. The first-order valence-electron chi connectivity index (χ1n) is 3.20. The summed E-state index contributed by atoms with van der Waals surface area (Å²) in [5, 5.41) is -0.0185. The van der Waals surface area contributed by atoms with Gasteiger partial charge in [-0.1, -0.05) is 11.6 Å². The molecule has 0 unspecified atom stereocenters. The smallest absolute Gasteiger partial charge is 0.403 e. The van der Waals surface area contributed by atoms with Gasteiger partial charge in [0.2, 0.25) is 0 Å². The number of alkyl halides is 3. The molecule has 0 bridgehead atoms. The Morgan fingerprint density at radius 2 is 1.86 bits per heavy atom. The van der Waals surface area contributed by atoms with Gasteiger partial charge in [0.05, 0.1) is 3.57 Å². The van der Waals surface area contributed by atoms with Gasteiger partial charge in [-0.3, -0.25) is 0 Å². The summed E-state index contributed by atoms with van der Waals surface area (Å²) in [6.45, 7) is 0. The summed E-state index contributed by atoms with van der Waals surface area (Å²) in [4.78, 5) is 0. The highest BCUT2D eigenvalue weighted by Crippen LogP contribution is 2.31. The van der Waals surface area contributed by atoms with Crippen LogP contribution in [0.15, 0.2) is 12.1 Å². The van der Waals surface area contributed by atoms with Crippen molar-refractivity contribution in [2.24, 2.45) is 0 Å². The van der Waals surface area contributed by atoms with Crippen LogP contribution in [0.4, 0.5) is 17.6 Å². The molecule has 0 saturated carbocycles. The van der Waals surface area contributed by atoms with Gasteiger partial charge in [-0.25, -0.2) is 4.39 Å². The van der Waals surface area contributed by atoms with Gasteiger partial charge in [-0.15, -0.1) is 13.2 Å². The van der Waals surface area contributed by atoms with E-state index in [1.807, 2.05) is 0 Å². The number of ether oxygens (including phenoxy) is 1. The Hall–Kier alpha value is -0.240. The first-order valence-corrected chi connectivity index (χ1v) is 4.65. The Bertz CT molecular complexity index is 352. The van der Waals surface area contributed by atoms with E-state index < -0.39 is 17.9 Å². The summed E-state index contributed by atoms with van der Waals surface area (Å²) >= 11 is 6.95. The van der Waals surface area contributed by atoms with Gasteiger partial charge in [0.15, 0.2) is 11.6 Å². The molecule has 0 aliphatic rings. The molecule has 78 valence electrons. The molecule has 0 aromatic heterocycles. The fourth-order valence-corrected chi connectivity index (χ4v) is 1.72. The topological polar surface area (TPSA) is 9.23 Å². The van der Waals surface area contributed by atoms with Crippen LogP contribution < -0.4 is 4.74 Å². The van der Waals surface area contributed by atoms with Crippen LogP contribution in [0.25, 0.3) is 0 Å². The first-order chi connectivity index (χ1) is 6.29. The monoisotopic (exact) mass is 340 g/mol. The number of benzene rings is 1. The van der Waals surface area contributed by atoms with Crippen molar-refractivity contribution in [1.29, 1.82) is 0 Å². The molecule has 1 aromatic carbocycles. The molecule has 7 heteroatoms. The van der Waals surface area contributed by atoms with E-state index in [9.17, 15) is 17.6 Å². The summed E-state index contributed by atoms with van der Waals surface area (Å²) in [7, 11) is 0. The molecule has 0 spiro atoms. The summed E-state index contributed by atoms with van der Waals surface area (Å²) < 4.78 is 51.7. The van der Waals surface area contributed by atoms with Crippen molar-refractivity contribution < 1.29 is 22.3 Å². The van der Waals surface area contributed by atoms with Gasteiger partial charge in [-0.2, -0.15) is 0 Å². The number of hydrogen-bond donors (Lipinski definition) is 0. The first kappa shape index (κ1) is 11.8. The third-order valence-electron chi connectivity index (χ3n) is 1.19. The van der Waals surface area contributed by atoms with E-state index in [1.165, 1.54) is 28.7 Å². The molecule has 0 N–H and O–H groups in total. The van der Waals surface area contributed by atoms with Crippen molar-refractivity contribution in [3.8, 4) is 5.75 Å². The Kier molecular flexibility index (Phi) is 3.46. The predicted molar refractivity (Wildman–Crippen MR) is 50.8 cm³/mol. The molecule has 1 aromatic rings. The van der Waals surface area contributed by atoms with Crippen molar-refractivity contribution in [3.05, 3.63) is 26.5 Å². The highest BCUT2D eigenvalue weighted by atomic mass is 127. The second-order valence-electron chi connectivity index (χ2n) is 2.25. The summed E-state index contributed by atoms with van der Waals surface area (Å²) in [6, 6.07) is 1.97. The Labute approximate surface area is 95.1 Å². The zero-order chi connectivity index (χ0) is 10.9. The highest BCUT2D eigenvalue weighted by Gasteiger charge is 2.32. The molecule has 0 saturated heterocycles. The molecule has 0 atom stereocenters. The van der Waals surface area contributed by atoms with Crippen molar-refractivity contribution in [3.63, 3.8) is 0 Å². The minimum atomic E-state index is -4.92. The molecule has 0 aliphatic heterocycles. The summed E-state index contributed by atoms with van der Waals surface area (Å²) in [5.74, 6) is -2.00. The number of rotatable bonds is 1. The van der Waals surface area contributed by atoms with Crippen LogP contribution in [0.2, 0.25) is 5.02 Å². The lowest BCUT2D eigenvalue weighted by Crippen LogP contribution is -2.18. The van der Waals surface area contributed by atoms with Crippen molar-refractivity contribution in [1.82, 2.24) is 0 Å². The van der Waals surface area contributed by atoms with E-state index in [-0.39, 0.29) is 8.59 Å². The third kappa shape index (κ3) is 3.16. The summed E-state index contributed by atoms with van der Waals surface area (Å²) in [5.41, 5.74) is 0. The minimum absolute atomic E-state index is 0.0185. The van der Waals surface area contributed by atoms with E-state index in [4.69, 9.17) is 11.6 Å². The average molecular weight is 340 g/mol. The van der Waals surface area contributed by atoms with Gasteiger partial charge < -0.3 is 4.74 Å². The fourth-order valence-electron chi connectivity index (χ4n) is 0.731. The van der Waals surface area contributed by atoms with Crippen LogP contribution >= 0.6 is 34.2 Å². The molecule has 0 aliphatic carbocycles. The van der Waals surface area contributed by atoms with Crippen LogP contribution in [0.3, 0.4) is 0 Å². The zero-order valence-electron chi connectivity index (χ0n) is 6.33. The normalized spacial score (nSPS) is 11.6. The minimum Gasteiger partial charge on any atom is -0.403 e. The van der Waals surface area contributed by atoms with E-state index in [1.54, 1.807) is 0 Å². The molecule has 0 radical (unpaired) electrons. The second-order valence-corrected chi connectivity index (χ2v) is 3.85. The molecule has 0 fully saturated rings. The molecular weight excluding hydrogens is 338 g/mol. The molecule has 0 heterocycles. The Morgan fingerprint density at radius 1 is 1.29 bits per heavy atom. The predicted octanol–water partition coefficient (Wildman–Crippen LogP) is 3.98. The van der Waals surface area contributed by atoms with Crippen molar-refractivity contribution >= 4 is 34.2 Å². The number of hydrogen-bond acceptors (Lipinski definition) is 1. The maximum atomic E-state index is 13.0. The SMILES string of the molecule is Fc1c(I)cc(Cl)cc1OC(F)(F)F. The van der Waals surface area contributed by atoms with E-state index >= 15 is 0 Å². The zero-order valence-corrected chi connectivity index (χ0v) is 9.24. The molecule has 1 rings (SSSR count). The van der Waals surface area contributed by atoms with Gasteiger partial charge in [-0.05, 0) is 28.7 Å². The lowest BCUT2D eigenvalue weighted by atomic mass is 10.3. The fraction of sp³-hybridized carbons (Fsp3) is 0.143. The van der Waals surface area contributed by atoms with E-state index in [0.29, 0.717) is 0 Å². The lowest BCUT2D eigenvalue weighted by Gasteiger charge is -2.10. The maximum Gasteiger partial charge on any atom is 0.573 e. The highest BCUT2D eigenvalue weighted by molar-refractivity contribution is 14.1. The standard InChI is InChI=1S/C7H2ClF4IO/c8-3-1-4(13)6(9)5(2-3)14-7(10,11)12/h1-2H. The van der Waals surface area contributed by atoms with Crippen LogP contribution in [-0.2, 0) is 0 Å². The van der Waals surface area contributed by atoms with Crippen LogP contribution in [-0.4, -0.2) is 6.36 Å². The summed E-state index contributed by atoms with van der Waals surface area (Å²) in [6.07, 6.45) is -4.92. The van der Waals surface area contributed by atoms with Crippen LogP contribution in [0.1, 0.15) is 0 Å². The van der Waals surface area contributed by atoms with Gasteiger partial charge in [0.1, 0.15) is 0 Å². The van der Waals surface area contributed by atoms with Crippen molar-refractivity contribution in [2.45, 2.75) is 6.36 Å².